The van der Waals surface area contributed by atoms with E-state index in [1.165, 1.54) is 48.5 Å². The summed E-state index contributed by atoms with van der Waals surface area (Å²) in [5.74, 6) is -6.47. The SMILES string of the molecule is CC1(C)S[C@@H]2[C@H](N(C(=O)C(NC(=O)C(N)c3ccc(O)cc3)[C@@H]3N[C@@H](C(=O)O)C(C)(C)S3)[C@H](C(N)=O)c3ccc(O)cc3)C(=O)N2[C@H]1C(=O)O. The Bertz CT molecular complexity index is 1720. The number of nitrogens with one attached hydrogen (secondary N) is 2. The van der Waals surface area contributed by atoms with Crippen molar-refractivity contribution in [3.63, 3.8) is 0 Å². The Balaban J connectivity index is 1.62. The molecule has 0 radical (unpaired) electrons. The molecule has 0 aromatic heterocycles. The van der Waals surface area contributed by atoms with Crippen molar-refractivity contribution in [2.45, 2.75) is 84.2 Å². The van der Waals surface area contributed by atoms with Gasteiger partial charge in [0.15, 0.2) is 0 Å². The third-order valence-corrected chi connectivity index (χ3v) is 12.1. The Kier molecular flexibility index (Phi) is 9.78. The lowest BCUT2D eigenvalue weighted by molar-refractivity contribution is -0.172. The fraction of sp³-hybridized carbons (Fsp3) is 0.438. The minimum Gasteiger partial charge on any atom is -0.508 e. The first kappa shape index (κ1) is 36.8. The van der Waals surface area contributed by atoms with Gasteiger partial charge in [0.25, 0.3) is 0 Å². The third kappa shape index (κ3) is 6.55. The first-order valence-corrected chi connectivity index (χ1v) is 17.2. The van der Waals surface area contributed by atoms with Crippen molar-refractivity contribution in [2.75, 3.05) is 0 Å². The van der Waals surface area contributed by atoms with Gasteiger partial charge in [-0.2, -0.15) is 0 Å². The Hall–Kier alpha value is -4.52. The Morgan fingerprint density at radius 1 is 0.880 bits per heavy atom. The topological polar surface area (TPSA) is 266 Å². The molecule has 0 saturated carbocycles. The van der Waals surface area contributed by atoms with Gasteiger partial charge in [-0.15, -0.1) is 23.5 Å². The minimum absolute atomic E-state index is 0.0809. The monoisotopic (exact) mass is 730 g/mol. The number of nitrogens with two attached hydrogens (primary N) is 2. The quantitative estimate of drug-likeness (QED) is 0.142. The molecular weight excluding hydrogens is 693 g/mol. The van der Waals surface area contributed by atoms with E-state index in [1.54, 1.807) is 27.7 Å². The predicted molar refractivity (Wildman–Crippen MR) is 181 cm³/mol. The second-order valence-corrected chi connectivity index (χ2v) is 16.9. The van der Waals surface area contributed by atoms with Gasteiger partial charge >= 0.3 is 11.9 Å². The van der Waals surface area contributed by atoms with E-state index >= 15 is 4.79 Å². The molecule has 2 unspecified atom stereocenters. The van der Waals surface area contributed by atoms with E-state index in [1.807, 2.05) is 0 Å². The first-order chi connectivity index (χ1) is 23.3. The van der Waals surface area contributed by atoms with Gasteiger partial charge < -0.3 is 47.0 Å². The number of amides is 4. The van der Waals surface area contributed by atoms with Crippen molar-refractivity contribution < 1.29 is 49.2 Å². The fourth-order valence-corrected chi connectivity index (χ4v) is 9.79. The Labute approximate surface area is 294 Å². The summed E-state index contributed by atoms with van der Waals surface area (Å²) in [6.07, 6.45) is 0. The molecule has 2 aromatic carbocycles. The van der Waals surface area contributed by atoms with Gasteiger partial charge in [-0.25, -0.2) is 4.79 Å². The molecule has 3 fully saturated rings. The van der Waals surface area contributed by atoms with Crippen LogP contribution >= 0.6 is 23.5 Å². The van der Waals surface area contributed by atoms with Crippen molar-refractivity contribution in [1.82, 2.24) is 20.4 Å². The number of primary amides is 1. The van der Waals surface area contributed by atoms with Gasteiger partial charge in [0.05, 0.1) is 5.37 Å². The molecule has 5 rings (SSSR count). The summed E-state index contributed by atoms with van der Waals surface area (Å²) in [4.78, 5) is 82.7. The number of hydrogen-bond donors (Lipinski definition) is 8. The molecule has 4 amide bonds. The molecule has 3 saturated heterocycles. The van der Waals surface area contributed by atoms with E-state index in [0.717, 1.165) is 33.3 Å². The lowest BCUT2D eigenvalue weighted by Crippen LogP contribution is -2.74. The first-order valence-electron chi connectivity index (χ1n) is 15.4. The molecule has 0 aliphatic carbocycles. The van der Waals surface area contributed by atoms with Crippen LogP contribution in [-0.4, -0.2) is 110 Å². The number of carbonyl (C=O) groups excluding carboxylic acids is 4. The van der Waals surface area contributed by atoms with Crippen LogP contribution in [0.3, 0.4) is 0 Å². The van der Waals surface area contributed by atoms with Crippen LogP contribution in [0.1, 0.15) is 50.9 Å². The van der Waals surface area contributed by atoms with Crippen LogP contribution in [0.25, 0.3) is 0 Å². The molecule has 2 aromatic rings. The molecule has 0 spiro atoms. The van der Waals surface area contributed by atoms with Crippen LogP contribution in [0, 0.1) is 0 Å². The average Bonchev–Trinajstić information content (AvgIpc) is 3.49. The average molecular weight is 731 g/mol. The molecule has 3 aliphatic rings. The second-order valence-electron chi connectivity index (χ2n) is 13.3. The van der Waals surface area contributed by atoms with Crippen LogP contribution < -0.4 is 22.1 Å². The summed E-state index contributed by atoms with van der Waals surface area (Å²) >= 11 is 2.15. The summed E-state index contributed by atoms with van der Waals surface area (Å²) in [6.45, 7) is 6.54. The van der Waals surface area contributed by atoms with Crippen molar-refractivity contribution in [3.05, 3.63) is 59.7 Å². The number of aliphatic carboxylic acids is 2. The minimum atomic E-state index is -1.66. The molecule has 3 aliphatic heterocycles. The number of phenols is 2. The molecule has 268 valence electrons. The number of nitrogens with zero attached hydrogens (tertiary/aromatic N) is 2. The highest BCUT2D eigenvalue weighted by Crippen LogP contribution is 2.53. The van der Waals surface area contributed by atoms with Gasteiger partial charge in [0.1, 0.15) is 53.1 Å². The molecule has 0 bridgehead atoms. The maximum absolute atomic E-state index is 15.1. The molecular formula is C32H38N6O10S2. The summed E-state index contributed by atoms with van der Waals surface area (Å²) in [5.41, 5.74) is 12.6. The van der Waals surface area contributed by atoms with Crippen molar-refractivity contribution >= 4 is 59.1 Å². The van der Waals surface area contributed by atoms with Crippen molar-refractivity contribution in [1.29, 1.82) is 0 Å². The van der Waals surface area contributed by atoms with Gasteiger partial charge in [-0.3, -0.25) is 29.3 Å². The Morgan fingerprint density at radius 3 is 1.90 bits per heavy atom. The summed E-state index contributed by atoms with van der Waals surface area (Å²) in [5, 5.41) is 43.1. The van der Waals surface area contributed by atoms with Gasteiger partial charge in [0.2, 0.25) is 23.6 Å². The zero-order valence-corrected chi connectivity index (χ0v) is 29.0. The van der Waals surface area contributed by atoms with E-state index in [4.69, 9.17) is 11.5 Å². The van der Waals surface area contributed by atoms with Gasteiger partial charge in [-0.1, -0.05) is 24.3 Å². The van der Waals surface area contributed by atoms with Crippen LogP contribution in [0.4, 0.5) is 0 Å². The van der Waals surface area contributed by atoms with E-state index in [9.17, 15) is 44.4 Å². The highest BCUT2D eigenvalue weighted by molar-refractivity contribution is 8.02. The van der Waals surface area contributed by atoms with Crippen LogP contribution in [0.5, 0.6) is 11.5 Å². The number of carboxylic acid groups (broad SMARTS) is 2. The highest BCUT2D eigenvalue weighted by Gasteiger charge is 2.67. The Morgan fingerprint density at radius 2 is 1.42 bits per heavy atom. The lowest BCUT2D eigenvalue weighted by atomic mass is 9.92. The van der Waals surface area contributed by atoms with E-state index in [-0.39, 0.29) is 22.6 Å². The number of fused-ring (bicyclic) bond motifs is 1. The van der Waals surface area contributed by atoms with Crippen LogP contribution in [0.2, 0.25) is 0 Å². The molecule has 3 heterocycles. The number of hydrogen-bond acceptors (Lipinski definition) is 12. The molecule has 10 N–H and O–H groups in total. The van der Waals surface area contributed by atoms with Gasteiger partial charge in [0, 0.05) is 9.49 Å². The zero-order valence-electron chi connectivity index (χ0n) is 27.3. The van der Waals surface area contributed by atoms with E-state index in [2.05, 4.69) is 10.6 Å². The number of phenolic OH excluding ortho intramolecular Hbond substituents is 2. The van der Waals surface area contributed by atoms with E-state index < -0.39 is 92.1 Å². The second kappa shape index (κ2) is 13.3. The smallest absolute Gasteiger partial charge is 0.327 e. The van der Waals surface area contributed by atoms with Crippen LogP contribution in [0.15, 0.2) is 48.5 Å². The lowest BCUT2D eigenvalue weighted by Gasteiger charge is -2.50. The highest BCUT2D eigenvalue weighted by atomic mass is 32.2. The largest absolute Gasteiger partial charge is 0.508 e. The molecule has 8 atom stereocenters. The number of carboxylic acids is 2. The number of rotatable bonds is 11. The number of benzene rings is 2. The number of β-lactam (4-membered cyclic amide) rings is 1. The predicted octanol–water partition coefficient (Wildman–Crippen LogP) is 0.0474. The van der Waals surface area contributed by atoms with Crippen molar-refractivity contribution in [3.8, 4) is 11.5 Å². The molecule has 50 heavy (non-hydrogen) atoms. The number of carbonyl (C=O) groups is 6. The zero-order chi connectivity index (χ0) is 37.0. The third-order valence-electron chi connectivity index (χ3n) is 9.06. The van der Waals surface area contributed by atoms with E-state index in [0.29, 0.717) is 0 Å². The molecule has 18 heteroatoms. The van der Waals surface area contributed by atoms with Crippen molar-refractivity contribution in [2.24, 2.45) is 11.5 Å². The molecule has 16 nitrogen and oxygen atoms in total. The normalized spacial score (nSPS) is 26.5. The fourth-order valence-electron chi connectivity index (χ4n) is 6.62. The van der Waals surface area contributed by atoms with Gasteiger partial charge in [-0.05, 0) is 63.1 Å². The maximum atomic E-state index is 15.1. The maximum Gasteiger partial charge on any atom is 0.327 e. The summed E-state index contributed by atoms with van der Waals surface area (Å²) in [6, 6.07) is 2.01. The summed E-state index contributed by atoms with van der Waals surface area (Å²) < 4.78 is -2.03. The summed E-state index contributed by atoms with van der Waals surface area (Å²) in [7, 11) is 0. The number of thioether (sulfide) groups is 2. The van der Waals surface area contributed by atoms with Crippen LogP contribution in [-0.2, 0) is 28.8 Å². The standard InChI is InChI=1S/C32H38N6O10S2/c1-31(2)21(29(45)46)36-25(49-31)18(35-24(42)17(33)13-5-9-15(39)10-6-13)26(43)37(19(23(34)41)14-7-11-16(40)12-8-14)20-27(44)38-22(30(47)48)32(3,4)50-28(20)38/h5-12,17-22,25,28,36,39-40H,33H2,1-4H3,(H2,34,41)(H,35,42)(H,45,46)(H,47,48)/t17?,18?,19-,20+,21-,22-,25+,28+/m0/s1. The number of aromatic hydroxyl groups is 2.